The summed E-state index contributed by atoms with van der Waals surface area (Å²) in [6, 6.07) is -0.867. The van der Waals surface area contributed by atoms with Gasteiger partial charge in [-0.1, -0.05) is 0 Å². The number of urea groups is 1. The summed E-state index contributed by atoms with van der Waals surface area (Å²) in [5.41, 5.74) is -0.104. The second-order valence-corrected chi connectivity index (χ2v) is 8.64. The maximum absolute atomic E-state index is 12.4. The number of carbonyl (C=O) groups excluding carboxylic acids is 3. The van der Waals surface area contributed by atoms with Gasteiger partial charge < -0.3 is 10.6 Å². The zero-order chi connectivity index (χ0) is 17.6. The monoisotopic (exact) mass is 348 g/mol. The minimum atomic E-state index is -0.492. The summed E-state index contributed by atoms with van der Waals surface area (Å²) in [6.07, 6.45) is 7.12. The first-order valence-corrected chi connectivity index (χ1v) is 9.56. The molecule has 4 saturated carbocycles. The molecule has 0 aromatic heterocycles. The lowest BCUT2D eigenvalue weighted by molar-refractivity contribution is -0.129. The highest BCUT2D eigenvalue weighted by molar-refractivity contribution is 5.97. The quantitative estimate of drug-likeness (QED) is 0.697. The van der Waals surface area contributed by atoms with Crippen LogP contribution in [0.1, 0.15) is 45.4 Å². The van der Waals surface area contributed by atoms with Gasteiger partial charge in [-0.25, -0.2) is 4.79 Å². The molecule has 0 spiro atoms. The van der Waals surface area contributed by atoms with E-state index in [2.05, 4.69) is 16.0 Å². The van der Waals surface area contributed by atoms with Crippen LogP contribution in [-0.4, -0.2) is 54.0 Å². The number of imide groups is 1. The van der Waals surface area contributed by atoms with Gasteiger partial charge in [0.15, 0.2) is 0 Å². The topological polar surface area (TPSA) is 90.5 Å². The number of piperazine rings is 1. The van der Waals surface area contributed by atoms with E-state index in [1.165, 1.54) is 19.3 Å². The lowest BCUT2D eigenvalue weighted by atomic mass is 9.53. The van der Waals surface area contributed by atoms with Gasteiger partial charge in [0.2, 0.25) is 11.8 Å². The molecule has 0 unspecified atom stereocenters. The summed E-state index contributed by atoms with van der Waals surface area (Å²) in [5.74, 6) is 1.81. The molecule has 1 atom stereocenters. The molecule has 3 N–H and O–H groups in total. The largest absolute Gasteiger partial charge is 0.354 e. The number of hydrogen-bond acceptors (Lipinski definition) is 4. The summed E-state index contributed by atoms with van der Waals surface area (Å²) < 4.78 is 0. The van der Waals surface area contributed by atoms with Crippen LogP contribution >= 0.6 is 0 Å². The van der Waals surface area contributed by atoms with E-state index in [-0.39, 0.29) is 29.9 Å². The third kappa shape index (κ3) is 3.38. The zero-order valence-electron chi connectivity index (χ0n) is 14.8. The molecular weight excluding hydrogens is 320 g/mol. The Labute approximate surface area is 148 Å². The van der Waals surface area contributed by atoms with Crippen LogP contribution in [0.25, 0.3) is 0 Å². The number of rotatable bonds is 3. The maximum Gasteiger partial charge on any atom is 0.321 e. The van der Waals surface area contributed by atoms with Gasteiger partial charge in [0.05, 0.1) is 12.6 Å². The van der Waals surface area contributed by atoms with Crippen molar-refractivity contribution in [3.05, 3.63) is 0 Å². The number of nitrogens with zero attached hydrogens (tertiary/aromatic N) is 1. The molecule has 5 aliphatic rings. The Balaban J connectivity index is 1.33. The van der Waals surface area contributed by atoms with Crippen LogP contribution in [-0.2, 0) is 9.59 Å². The van der Waals surface area contributed by atoms with Crippen molar-refractivity contribution in [1.82, 2.24) is 20.9 Å². The first kappa shape index (κ1) is 16.8. The molecule has 4 aliphatic carbocycles. The van der Waals surface area contributed by atoms with Crippen LogP contribution in [0.3, 0.4) is 0 Å². The van der Waals surface area contributed by atoms with Crippen molar-refractivity contribution in [3.63, 3.8) is 0 Å². The van der Waals surface area contributed by atoms with Crippen molar-refractivity contribution in [3.8, 4) is 0 Å². The summed E-state index contributed by atoms with van der Waals surface area (Å²) in [4.78, 5) is 38.1. The van der Waals surface area contributed by atoms with E-state index in [1.807, 2.05) is 0 Å². The second kappa shape index (κ2) is 6.27. The van der Waals surface area contributed by atoms with Gasteiger partial charge in [-0.3, -0.25) is 19.8 Å². The van der Waals surface area contributed by atoms with Gasteiger partial charge in [0.1, 0.15) is 0 Å². The summed E-state index contributed by atoms with van der Waals surface area (Å²) in [5, 5.41) is 8.40. The van der Waals surface area contributed by atoms with Crippen molar-refractivity contribution in [2.45, 2.75) is 57.0 Å². The van der Waals surface area contributed by atoms with E-state index >= 15 is 0 Å². The first-order valence-electron chi connectivity index (χ1n) is 9.56. The molecule has 5 fully saturated rings. The van der Waals surface area contributed by atoms with Crippen molar-refractivity contribution < 1.29 is 14.4 Å². The minimum Gasteiger partial charge on any atom is -0.354 e. The Morgan fingerprint density at radius 1 is 1.16 bits per heavy atom. The molecule has 0 radical (unpaired) electrons. The number of nitrogens with one attached hydrogen (secondary N) is 3. The van der Waals surface area contributed by atoms with Crippen molar-refractivity contribution >= 4 is 17.8 Å². The van der Waals surface area contributed by atoms with E-state index in [1.54, 1.807) is 11.8 Å². The Kier molecular flexibility index (Phi) is 4.22. The van der Waals surface area contributed by atoms with E-state index in [0.29, 0.717) is 13.1 Å². The predicted molar refractivity (Wildman–Crippen MR) is 91.6 cm³/mol. The Hall–Kier alpha value is -1.63. The highest BCUT2D eigenvalue weighted by Gasteiger charge is 2.51. The lowest BCUT2D eigenvalue weighted by Gasteiger charge is -2.56. The van der Waals surface area contributed by atoms with Crippen molar-refractivity contribution in [2.75, 3.05) is 19.6 Å². The molecule has 7 heteroatoms. The third-order valence-electron chi connectivity index (χ3n) is 6.65. The number of carbonyl (C=O) groups is 3. The van der Waals surface area contributed by atoms with Crippen LogP contribution < -0.4 is 16.0 Å². The van der Waals surface area contributed by atoms with Gasteiger partial charge >= 0.3 is 6.03 Å². The van der Waals surface area contributed by atoms with E-state index < -0.39 is 6.04 Å². The van der Waals surface area contributed by atoms with E-state index in [0.717, 1.165) is 37.0 Å². The number of hydrogen-bond donors (Lipinski definition) is 3. The Bertz CT molecular complexity index is 556. The van der Waals surface area contributed by atoms with Crippen LogP contribution in [0.2, 0.25) is 0 Å². The smallest absolute Gasteiger partial charge is 0.321 e. The van der Waals surface area contributed by atoms with Gasteiger partial charge in [-0.05, 0) is 63.2 Å². The minimum absolute atomic E-state index is 0.0797. The molecule has 25 heavy (non-hydrogen) atoms. The maximum atomic E-state index is 12.4. The van der Waals surface area contributed by atoms with Crippen LogP contribution in [0.5, 0.6) is 0 Å². The fourth-order valence-electron chi connectivity index (χ4n) is 5.91. The third-order valence-corrected chi connectivity index (χ3v) is 6.65. The molecule has 5 rings (SSSR count). The molecule has 1 saturated heterocycles. The average Bonchev–Trinajstić information content (AvgIpc) is 2.52. The highest BCUT2D eigenvalue weighted by atomic mass is 16.2. The molecule has 0 aromatic rings. The second-order valence-electron chi connectivity index (χ2n) is 8.64. The fourth-order valence-corrected chi connectivity index (χ4v) is 5.91. The predicted octanol–water partition coefficient (Wildman–Crippen LogP) is 0.601. The molecule has 0 aromatic carbocycles. The van der Waals surface area contributed by atoms with Crippen molar-refractivity contribution in [2.24, 2.45) is 17.8 Å². The Morgan fingerprint density at radius 3 is 2.32 bits per heavy atom. The molecule has 4 amide bonds. The van der Waals surface area contributed by atoms with Gasteiger partial charge in [-0.15, -0.1) is 0 Å². The summed E-state index contributed by atoms with van der Waals surface area (Å²) >= 11 is 0. The highest BCUT2D eigenvalue weighted by Crippen LogP contribution is 2.55. The summed E-state index contributed by atoms with van der Waals surface area (Å²) in [6.45, 7) is 3.10. The average molecular weight is 348 g/mol. The van der Waals surface area contributed by atoms with Crippen LogP contribution in [0, 0.1) is 17.8 Å². The normalized spacial score (nSPS) is 38.1. The molecular formula is C18H28N4O3. The first-order chi connectivity index (χ1) is 11.9. The van der Waals surface area contributed by atoms with Gasteiger partial charge in [-0.2, -0.15) is 0 Å². The van der Waals surface area contributed by atoms with Gasteiger partial charge in [0.25, 0.3) is 0 Å². The number of amides is 4. The standard InChI is InChI=1S/C18H28N4O3/c1-11(22-3-2-19-15(23)10-22)16(24)20-17(25)21-18-7-12-4-13(8-18)6-14(5-12)9-18/h11-14H,2-10H2,1H3,(H,19,23)(H2,20,21,24,25)/t11-,12?,13?,14?,18?/m1/s1. The van der Waals surface area contributed by atoms with E-state index in [9.17, 15) is 14.4 Å². The molecule has 138 valence electrons. The zero-order valence-corrected chi connectivity index (χ0v) is 14.8. The Morgan fingerprint density at radius 2 is 1.76 bits per heavy atom. The fraction of sp³-hybridized carbons (Fsp3) is 0.833. The SMILES string of the molecule is C[C@H](C(=O)NC(=O)NC12CC3CC(CC(C3)C1)C2)N1CCNC(=O)C1. The van der Waals surface area contributed by atoms with Crippen molar-refractivity contribution in [1.29, 1.82) is 0 Å². The molecule has 1 heterocycles. The van der Waals surface area contributed by atoms with Gasteiger partial charge in [0, 0.05) is 18.6 Å². The van der Waals surface area contributed by atoms with Crippen LogP contribution in [0.4, 0.5) is 4.79 Å². The molecule has 1 aliphatic heterocycles. The van der Waals surface area contributed by atoms with Crippen LogP contribution in [0.15, 0.2) is 0 Å². The lowest BCUT2D eigenvalue weighted by Crippen LogP contribution is -2.63. The van der Waals surface area contributed by atoms with E-state index in [4.69, 9.17) is 0 Å². The molecule has 7 nitrogen and oxygen atoms in total. The molecule has 4 bridgehead atoms. The summed E-state index contributed by atoms with van der Waals surface area (Å²) in [7, 11) is 0.